The van der Waals surface area contributed by atoms with Gasteiger partial charge < -0.3 is 5.73 Å². The summed E-state index contributed by atoms with van der Waals surface area (Å²) in [6.45, 7) is 1.87. The summed E-state index contributed by atoms with van der Waals surface area (Å²) in [5.74, 6) is -3.20. The molecule has 2 rings (SSSR count). The average molecular weight is 330 g/mol. The van der Waals surface area contributed by atoms with E-state index in [-0.39, 0.29) is 5.56 Å². The summed E-state index contributed by atoms with van der Waals surface area (Å²) in [5.41, 5.74) is 7.43. The molecule has 0 spiro atoms. The first-order valence-corrected chi connectivity index (χ1v) is 6.35. The molecule has 2 N–H and O–H groups in total. The van der Waals surface area contributed by atoms with Crippen molar-refractivity contribution in [2.75, 3.05) is 0 Å². The predicted molar refractivity (Wildman–Crippen MR) is 71.2 cm³/mol. The smallest absolute Gasteiger partial charge is 0.161 e. The quantitative estimate of drug-likeness (QED) is 0.820. The summed E-state index contributed by atoms with van der Waals surface area (Å²) in [6.07, 6.45) is 0. The fraction of sp³-hybridized carbons (Fsp3) is 0.143. The Labute approximate surface area is 117 Å². The largest absolute Gasteiger partial charge is 0.320 e. The Balaban J connectivity index is 2.52. The van der Waals surface area contributed by atoms with Crippen LogP contribution in [0.15, 0.2) is 34.8 Å². The van der Waals surface area contributed by atoms with E-state index in [1.807, 2.05) is 13.0 Å². The highest BCUT2D eigenvalue weighted by Crippen LogP contribution is 2.30. The van der Waals surface area contributed by atoms with Crippen molar-refractivity contribution < 1.29 is 13.2 Å². The van der Waals surface area contributed by atoms with E-state index in [9.17, 15) is 13.2 Å². The Kier molecular flexibility index (Phi) is 3.96. The number of hydrogen-bond donors (Lipinski definition) is 1. The van der Waals surface area contributed by atoms with Gasteiger partial charge in [-0.1, -0.05) is 33.6 Å². The SMILES string of the molecule is Cc1ccc(Br)c(C(N)c2cc(F)c(F)cc2F)c1. The highest BCUT2D eigenvalue weighted by atomic mass is 79.9. The van der Waals surface area contributed by atoms with Crippen molar-refractivity contribution in [1.29, 1.82) is 0 Å². The molecule has 100 valence electrons. The molecule has 0 aliphatic heterocycles. The topological polar surface area (TPSA) is 26.0 Å². The summed E-state index contributed by atoms with van der Waals surface area (Å²) in [7, 11) is 0. The zero-order valence-electron chi connectivity index (χ0n) is 10.1. The fourth-order valence-corrected chi connectivity index (χ4v) is 2.34. The summed E-state index contributed by atoms with van der Waals surface area (Å²) < 4.78 is 40.5. The third kappa shape index (κ3) is 2.82. The highest BCUT2D eigenvalue weighted by Gasteiger charge is 2.19. The molecule has 0 aromatic heterocycles. The number of rotatable bonds is 2. The lowest BCUT2D eigenvalue weighted by atomic mass is 9.97. The van der Waals surface area contributed by atoms with Gasteiger partial charge in [0.25, 0.3) is 0 Å². The van der Waals surface area contributed by atoms with Crippen LogP contribution in [0.25, 0.3) is 0 Å². The van der Waals surface area contributed by atoms with Crippen molar-refractivity contribution in [2.45, 2.75) is 13.0 Å². The van der Waals surface area contributed by atoms with Crippen LogP contribution in [0.5, 0.6) is 0 Å². The first-order valence-electron chi connectivity index (χ1n) is 5.56. The molecule has 2 aromatic carbocycles. The zero-order valence-corrected chi connectivity index (χ0v) is 11.6. The molecule has 2 aromatic rings. The molecule has 0 radical (unpaired) electrons. The molecule has 0 amide bonds. The van der Waals surface area contributed by atoms with Gasteiger partial charge in [0, 0.05) is 16.1 Å². The Morgan fingerprint density at radius 3 is 2.26 bits per heavy atom. The Morgan fingerprint density at radius 1 is 0.947 bits per heavy atom. The number of aryl methyl sites for hydroxylation is 1. The molecule has 0 aliphatic rings. The van der Waals surface area contributed by atoms with E-state index in [0.717, 1.165) is 11.6 Å². The van der Waals surface area contributed by atoms with Crippen LogP contribution >= 0.6 is 15.9 Å². The van der Waals surface area contributed by atoms with Crippen molar-refractivity contribution in [3.8, 4) is 0 Å². The van der Waals surface area contributed by atoms with Crippen molar-refractivity contribution in [1.82, 2.24) is 0 Å². The second-order valence-electron chi connectivity index (χ2n) is 4.29. The van der Waals surface area contributed by atoms with Crippen LogP contribution in [-0.2, 0) is 0 Å². The van der Waals surface area contributed by atoms with E-state index < -0.39 is 23.5 Å². The maximum atomic E-state index is 13.7. The van der Waals surface area contributed by atoms with E-state index in [0.29, 0.717) is 16.1 Å². The van der Waals surface area contributed by atoms with Gasteiger partial charge in [-0.15, -0.1) is 0 Å². The molecular weight excluding hydrogens is 319 g/mol. The normalized spacial score (nSPS) is 12.5. The Bertz CT molecular complexity index is 628. The lowest BCUT2D eigenvalue weighted by molar-refractivity contribution is 0.487. The van der Waals surface area contributed by atoms with Gasteiger partial charge in [-0.05, 0) is 24.6 Å². The lowest BCUT2D eigenvalue weighted by Crippen LogP contribution is -2.15. The maximum Gasteiger partial charge on any atom is 0.161 e. The van der Waals surface area contributed by atoms with Crippen molar-refractivity contribution in [3.63, 3.8) is 0 Å². The minimum atomic E-state index is -1.23. The fourth-order valence-electron chi connectivity index (χ4n) is 1.85. The van der Waals surface area contributed by atoms with Crippen LogP contribution in [0, 0.1) is 24.4 Å². The molecule has 0 saturated carbocycles. The third-order valence-corrected chi connectivity index (χ3v) is 3.58. The van der Waals surface area contributed by atoms with E-state index in [1.165, 1.54) is 0 Å². The molecule has 0 fully saturated rings. The molecule has 0 heterocycles. The maximum absolute atomic E-state index is 13.7. The first-order chi connectivity index (χ1) is 8.90. The summed E-state index contributed by atoms with van der Waals surface area (Å²) in [4.78, 5) is 0. The lowest BCUT2D eigenvalue weighted by Gasteiger charge is -2.16. The van der Waals surface area contributed by atoms with Gasteiger partial charge in [-0.3, -0.25) is 0 Å². The predicted octanol–water partition coefficient (Wildman–Crippen LogP) is 4.22. The van der Waals surface area contributed by atoms with Crippen LogP contribution in [-0.4, -0.2) is 0 Å². The Hall–Kier alpha value is -1.33. The molecule has 19 heavy (non-hydrogen) atoms. The highest BCUT2D eigenvalue weighted by molar-refractivity contribution is 9.10. The number of nitrogens with two attached hydrogens (primary N) is 1. The number of hydrogen-bond acceptors (Lipinski definition) is 1. The van der Waals surface area contributed by atoms with E-state index in [4.69, 9.17) is 5.73 Å². The van der Waals surface area contributed by atoms with Gasteiger partial charge >= 0.3 is 0 Å². The molecular formula is C14H11BrF3N. The molecule has 0 aliphatic carbocycles. The van der Waals surface area contributed by atoms with Crippen molar-refractivity contribution >= 4 is 15.9 Å². The Morgan fingerprint density at radius 2 is 1.58 bits per heavy atom. The summed E-state index contributed by atoms with van der Waals surface area (Å²) >= 11 is 3.32. The number of benzene rings is 2. The summed E-state index contributed by atoms with van der Waals surface area (Å²) in [5, 5.41) is 0. The van der Waals surface area contributed by atoms with Crippen LogP contribution in [0.2, 0.25) is 0 Å². The zero-order chi connectivity index (χ0) is 14.2. The second-order valence-corrected chi connectivity index (χ2v) is 5.14. The van der Waals surface area contributed by atoms with E-state index in [2.05, 4.69) is 15.9 Å². The molecule has 1 nitrogen and oxygen atoms in total. The van der Waals surface area contributed by atoms with Gasteiger partial charge in [0.15, 0.2) is 11.6 Å². The molecule has 0 saturated heterocycles. The third-order valence-electron chi connectivity index (χ3n) is 2.86. The molecule has 5 heteroatoms. The monoisotopic (exact) mass is 329 g/mol. The van der Waals surface area contributed by atoms with Gasteiger partial charge in [0.2, 0.25) is 0 Å². The van der Waals surface area contributed by atoms with Crippen molar-refractivity contribution in [2.24, 2.45) is 5.73 Å². The second kappa shape index (κ2) is 5.35. The van der Waals surface area contributed by atoms with Gasteiger partial charge in [-0.2, -0.15) is 0 Å². The minimum Gasteiger partial charge on any atom is -0.320 e. The molecule has 0 bridgehead atoms. The van der Waals surface area contributed by atoms with Gasteiger partial charge in [-0.25, -0.2) is 13.2 Å². The standard InChI is InChI=1S/C14H11BrF3N/c1-7-2-3-10(15)8(4-7)14(19)9-5-12(17)13(18)6-11(9)16/h2-6,14H,19H2,1H3. The van der Waals surface area contributed by atoms with E-state index in [1.54, 1.807) is 12.1 Å². The molecule has 1 unspecified atom stereocenters. The van der Waals surface area contributed by atoms with Crippen molar-refractivity contribution in [3.05, 3.63) is 68.9 Å². The van der Waals surface area contributed by atoms with Crippen LogP contribution in [0.3, 0.4) is 0 Å². The minimum absolute atomic E-state index is 0.0785. The van der Waals surface area contributed by atoms with E-state index >= 15 is 0 Å². The molecule has 1 atom stereocenters. The van der Waals surface area contributed by atoms with Gasteiger partial charge in [0.05, 0.1) is 6.04 Å². The van der Waals surface area contributed by atoms with Crippen LogP contribution in [0.4, 0.5) is 13.2 Å². The van der Waals surface area contributed by atoms with Crippen LogP contribution in [0.1, 0.15) is 22.7 Å². The summed E-state index contributed by atoms with van der Waals surface area (Å²) in [6, 6.07) is 5.85. The van der Waals surface area contributed by atoms with Gasteiger partial charge in [0.1, 0.15) is 5.82 Å². The number of halogens is 4. The van der Waals surface area contributed by atoms with Crippen LogP contribution < -0.4 is 5.73 Å². The average Bonchev–Trinajstić information content (AvgIpc) is 2.36. The first kappa shape index (κ1) is 14.1.